The van der Waals surface area contributed by atoms with Crippen molar-refractivity contribution in [3.8, 4) is 0 Å². The smallest absolute Gasteiger partial charge is 0.185 e. The van der Waals surface area contributed by atoms with E-state index in [9.17, 15) is 4.79 Å². The first-order chi connectivity index (χ1) is 15.4. The molecule has 4 aliphatic carbocycles. The fourth-order valence-electron chi connectivity index (χ4n) is 9.96. The molecule has 4 aliphatic rings. The highest BCUT2D eigenvalue weighted by atomic mass is 79.9. The number of benzene rings is 1. The Labute approximate surface area is 204 Å². The van der Waals surface area contributed by atoms with Crippen LogP contribution >= 0.6 is 15.9 Å². The molecule has 0 aliphatic heterocycles. The molecule has 0 amide bonds. The molecule has 3 heteroatoms. The maximum absolute atomic E-state index is 13.7. The van der Waals surface area contributed by atoms with Crippen LogP contribution in [-0.2, 0) is 16.2 Å². The lowest BCUT2D eigenvalue weighted by Gasteiger charge is -2.75. The summed E-state index contributed by atoms with van der Waals surface area (Å²) < 4.78 is 3.69. The molecule has 33 heavy (non-hydrogen) atoms. The predicted octanol–water partition coefficient (Wildman–Crippen LogP) is 7.74. The third-order valence-corrected chi connectivity index (χ3v) is 13.1. The van der Waals surface area contributed by atoms with Crippen LogP contribution in [0.5, 0.6) is 0 Å². The first-order valence-corrected chi connectivity index (χ1v) is 13.6. The first kappa shape index (κ1) is 20.7. The summed E-state index contributed by atoms with van der Waals surface area (Å²) in [4.78, 5) is 13.7. The van der Waals surface area contributed by atoms with Gasteiger partial charge in [-0.05, 0) is 59.6 Å². The van der Waals surface area contributed by atoms with Crippen molar-refractivity contribution in [2.24, 2.45) is 10.8 Å². The molecule has 0 spiro atoms. The summed E-state index contributed by atoms with van der Waals surface area (Å²) in [7, 11) is 0. The van der Waals surface area contributed by atoms with Crippen molar-refractivity contribution in [1.82, 2.24) is 4.40 Å². The van der Waals surface area contributed by atoms with Gasteiger partial charge in [-0.3, -0.25) is 4.79 Å². The van der Waals surface area contributed by atoms with E-state index < -0.39 is 0 Å². The normalized spacial score (nSPS) is 41.8. The number of fused-ring (bicyclic) bond motifs is 5. The highest BCUT2D eigenvalue weighted by Gasteiger charge is 2.81. The number of hydrogen-bond acceptors (Lipinski definition) is 1. The number of aromatic nitrogens is 1. The Morgan fingerprint density at radius 3 is 2.33 bits per heavy atom. The summed E-state index contributed by atoms with van der Waals surface area (Å²) in [5.41, 5.74) is 7.55. The van der Waals surface area contributed by atoms with Crippen LogP contribution in [-0.4, -0.2) is 4.40 Å². The first-order valence-electron chi connectivity index (χ1n) is 12.8. The maximum Gasteiger partial charge on any atom is 0.185 e. The zero-order chi connectivity index (χ0) is 23.5. The monoisotopic (exact) mass is 503 g/mol. The highest BCUT2D eigenvalue weighted by Crippen LogP contribution is 2.88. The van der Waals surface area contributed by atoms with Crippen LogP contribution in [0.2, 0.25) is 0 Å². The van der Waals surface area contributed by atoms with Crippen molar-refractivity contribution in [2.75, 3.05) is 0 Å². The van der Waals surface area contributed by atoms with Crippen LogP contribution in [0.25, 0.3) is 16.3 Å². The van der Waals surface area contributed by atoms with Gasteiger partial charge in [0, 0.05) is 55.0 Å². The van der Waals surface area contributed by atoms with E-state index in [-0.39, 0.29) is 21.7 Å². The van der Waals surface area contributed by atoms with Crippen molar-refractivity contribution < 1.29 is 0 Å². The Hall–Kier alpha value is -1.61. The highest BCUT2D eigenvalue weighted by molar-refractivity contribution is 9.10. The van der Waals surface area contributed by atoms with Crippen molar-refractivity contribution in [1.29, 1.82) is 0 Å². The zero-order valence-corrected chi connectivity index (χ0v) is 22.5. The predicted molar refractivity (Wildman–Crippen MR) is 140 cm³/mol. The van der Waals surface area contributed by atoms with Crippen molar-refractivity contribution in [3.05, 3.63) is 61.5 Å². The van der Waals surface area contributed by atoms with E-state index in [0.29, 0.717) is 16.7 Å². The molecule has 7 rings (SSSR count). The number of nitrogens with zero attached hydrogens (tertiary/aromatic N) is 1. The number of halogens is 1. The lowest BCUT2D eigenvalue weighted by atomic mass is 9.28. The lowest BCUT2D eigenvalue weighted by Crippen LogP contribution is -2.70. The summed E-state index contributed by atoms with van der Waals surface area (Å²) >= 11 is 4.01. The van der Waals surface area contributed by atoms with Gasteiger partial charge in [-0.2, -0.15) is 0 Å². The molecule has 0 saturated heterocycles. The SMILES string of the molecule is CCC1(C)c2ccc(Br)c3c4c(n5ccc(=O)c(c5c23)C1(C)CC)C1(C)CC2(C)CC4C21C. The van der Waals surface area contributed by atoms with E-state index in [2.05, 4.69) is 87.1 Å². The van der Waals surface area contributed by atoms with Gasteiger partial charge in [-0.15, -0.1) is 0 Å². The third kappa shape index (κ3) is 1.69. The van der Waals surface area contributed by atoms with E-state index in [0.717, 1.165) is 18.4 Å². The van der Waals surface area contributed by atoms with Crippen LogP contribution < -0.4 is 5.43 Å². The lowest BCUT2D eigenvalue weighted by molar-refractivity contribution is -0.228. The van der Waals surface area contributed by atoms with Gasteiger partial charge in [0.05, 0.1) is 5.52 Å². The zero-order valence-electron chi connectivity index (χ0n) is 20.9. The standard InChI is InChI=1S/C30H34BrNO/c1-8-27(4)16-10-11-18(31)22-20(16)24-23(28(27,5)9-2)19(33)12-13-32(24)25-21(22)17-14-26(3)15-29(25,6)30(17,26)7/h10-13,17H,8-9,14-15H2,1-7H3. The number of hydrogen-bond donors (Lipinski definition) is 0. The topological polar surface area (TPSA) is 21.5 Å². The molecule has 6 unspecified atom stereocenters. The largest absolute Gasteiger partial charge is 0.319 e. The fraction of sp³-hybridized carbons (Fsp3) is 0.567. The molecular weight excluding hydrogens is 470 g/mol. The number of rotatable bonds is 2. The second kappa shape index (κ2) is 5.45. The minimum Gasteiger partial charge on any atom is -0.319 e. The average molecular weight is 505 g/mol. The Kier molecular flexibility index (Phi) is 3.43. The van der Waals surface area contributed by atoms with E-state index >= 15 is 0 Å². The molecule has 2 heterocycles. The number of pyridine rings is 2. The van der Waals surface area contributed by atoms with E-state index in [1.165, 1.54) is 44.9 Å². The van der Waals surface area contributed by atoms with Gasteiger partial charge in [-0.1, -0.05) is 70.5 Å². The van der Waals surface area contributed by atoms with E-state index in [1.54, 1.807) is 5.56 Å². The van der Waals surface area contributed by atoms with Crippen molar-refractivity contribution >= 4 is 32.2 Å². The van der Waals surface area contributed by atoms with Gasteiger partial charge >= 0.3 is 0 Å². The maximum atomic E-state index is 13.7. The molecule has 6 atom stereocenters. The van der Waals surface area contributed by atoms with Gasteiger partial charge in [-0.25, -0.2) is 0 Å². The molecule has 0 bridgehead atoms. The Bertz CT molecular complexity index is 1520. The Balaban J connectivity index is 1.81. The minimum absolute atomic E-state index is 0.0878. The molecular formula is C30H34BrNO. The second-order valence-corrected chi connectivity index (χ2v) is 13.6. The molecule has 2 fully saturated rings. The molecule has 2 nitrogen and oxygen atoms in total. The molecule has 2 saturated carbocycles. The van der Waals surface area contributed by atoms with E-state index in [4.69, 9.17) is 0 Å². The quantitative estimate of drug-likeness (QED) is 0.327. The van der Waals surface area contributed by atoms with Crippen molar-refractivity contribution in [2.45, 2.75) is 96.3 Å². The van der Waals surface area contributed by atoms with Crippen LogP contribution in [0.4, 0.5) is 0 Å². The van der Waals surface area contributed by atoms with Crippen LogP contribution in [0, 0.1) is 10.8 Å². The van der Waals surface area contributed by atoms with Gasteiger partial charge in [0.15, 0.2) is 5.43 Å². The summed E-state index contributed by atoms with van der Waals surface area (Å²) in [5, 5.41) is 2.74. The third-order valence-electron chi connectivity index (χ3n) is 12.4. The molecule has 0 N–H and O–H groups in total. The Morgan fingerprint density at radius 2 is 1.70 bits per heavy atom. The van der Waals surface area contributed by atoms with Gasteiger partial charge in [0.25, 0.3) is 0 Å². The van der Waals surface area contributed by atoms with Crippen LogP contribution in [0.15, 0.2) is 33.7 Å². The van der Waals surface area contributed by atoms with Gasteiger partial charge < -0.3 is 4.40 Å². The minimum atomic E-state index is -0.205. The van der Waals surface area contributed by atoms with Gasteiger partial charge in [0.2, 0.25) is 0 Å². The summed E-state index contributed by atoms with van der Waals surface area (Å²) in [6, 6.07) is 6.52. The molecule has 2 aromatic heterocycles. The van der Waals surface area contributed by atoms with Crippen molar-refractivity contribution in [3.63, 3.8) is 0 Å². The summed E-state index contributed by atoms with van der Waals surface area (Å²) in [5.74, 6) is 0.599. The van der Waals surface area contributed by atoms with Gasteiger partial charge in [0.1, 0.15) is 0 Å². The van der Waals surface area contributed by atoms with Crippen LogP contribution in [0.1, 0.15) is 102 Å². The Morgan fingerprint density at radius 1 is 1.00 bits per heavy atom. The fourth-order valence-corrected chi connectivity index (χ4v) is 10.5. The summed E-state index contributed by atoms with van der Waals surface area (Å²) in [6.07, 6.45) is 6.62. The molecule has 172 valence electrons. The molecule has 1 aromatic carbocycles. The molecule has 0 radical (unpaired) electrons. The van der Waals surface area contributed by atoms with Crippen LogP contribution in [0.3, 0.4) is 0 Å². The second-order valence-electron chi connectivity index (χ2n) is 12.8. The van der Waals surface area contributed by atoms with E-state index in [1.807, 2.05) is 6.07 Å². The average Bonchev–Trinajstić information content (AvgIpc) is 2.86. The summed E-state index contributed by atoms with van der Waals surface area (Å²) in [6.45, 7) is 16.9. The molecule has 3 aromatic rings.